The Kier molecular flexibility index (Phi) is 4.15. The molecule has 94 valence electrons. The third-order valence-electron chi connectivity index (χ3n) is 2.63. The summed E-state index contributed by atoms with van der Waals surface area (Å²) >= 11 is 3.42. The number of aryl methyl sites for hydroxylation is 1. The molecule has 0 bridgehead atoms. The molecule has 1 aromatic carbocycles. The summed E-state index contributed by atoms with van der Waals surface area (Å²) in [6, 6.07) is 9.82. The summed E-state index contributed by atoms with van der Waals surface area (Å²) in [5, 5.41) is 7.63. The van der Waals surface area contributed by atoms with Gasteiger partial charge in [-0.1, -0.05) is 46.3 Å². The van der Waals surface area contributed by atoms with Gasteiger partial charge in [0.1, 0.15) is 0 Å². The van der Waals surface area contributed by atoms with Gasteiger partial charge in [-0.05, 0) is 5.56 Å². The summed E-state index contributed by atoms with van der Waals surface area (Å²) in [5.74, 6) is -0.114. The van der Waals surface area contributed by atoms with Crippen LogP contribution in [0.2, 0.25) is 0 Å². The lowest BCUT2D eigenvalue weighted by Crippen LogP contribution is -2.29. The van der Waals surface area contributed by atoms with Gasteiger partial charge < -0.3 is 5.32 Å². The van der Waals surface area contributed by atoms with E-state index in [4.69, 9.17) is 0 Å². The first-order valence-electron chi connectivity index (χ1n) is 5.61. The maximum atomic E-state index is 12.0. The van der Waals surface area contributed by atoms with Gasteiger partial charge in [0.2, 0.25) is 0 Å². The van der Waals surface area contributed by atoms with Crippen molar-refractivity contribution in [3.8, 4) is 0 Å². The summed E-state index contributed by atoms with van der Waals surface area (Å²) in [6.07, 6.45) is 3.26. The van der Waals surface area contributed by atoms with Gasteiger partial charge in [0.15, 0.2) is 0 Å². The minimum absolute atomic E-state index is 0.0427. The van der Waals surface area contributed by atoms with E-state index in [2.05, 4.69) is 26.3 Å². The van der Waals surface area contributed by atoms with Gasteiger partial charge in [-0.25, -0.2) is 0 Å². The summed E-state index contributed by atoms with van der Waals surface area (Å²) in [6.45, 7) is 0. The maximum Gasteiger partial charge on any atom is 0.254 e. The zero-order valence-corrected chi connectivity index (χ0v) is 11.6. The number of rotatable bonds is 4. The second-order valence-corrected chi connectivity index (χ2v) is 4.64. The quantitative estimate of drug-likeness (QED) is 0.881. The molecule has 1 amide bonds. The average Bonchev–Trinajstić information content (AvgIpc) is 2.83. The SMILES string of the molecule is Cn1cc(C(=O)NC(CBr)c2ccccc2)cn1. The molecule has 1 atom stereocenters. The number of benzene rings is 1. The van der Waals surface area contributed by atoms with Crippen molar-refractivity contribution in [3.63, 3.8) is 0 Å². The van der Waals surface area contributed by atoms with Crippen LogP contribution in [0, 0.1) is 0 Å². The Labute approximate surface area is 114 Å². The van der Waals surface area contributed by atoms with Crippen LogP contribution < -0.4 is 5.32 Å². The monoisotopic (exact) mass is 307 g/mol. The highest BCUT2D eigenvalue weighted by atomic mass is 79.9. The fourth-order valence-electron chi connectivity index (χ4n) is 1.68. The molecule has 0 aliphatic carbocycles. The first kappa shape index (κ1) is 12.8. The van der Waals surface area contributed by atoms with Crippen molar-refractivity contribution < 1.29 is 4.79 Å². The molecule has 2 aromatic rings. The van der Waals surface area contributed by atoms with Crippen LogP contribution >= 0.6 is 15.9 Å². The van der Waals surface area contributed by atoms with Crippen molar-refractivity contribution in [1.82, 2.24) is 15.1 Å². The topological polar surface area (TPSA) is 46.9 Å². The van der Waals surface area contributed by atoms with Gasteiger partial charge in [-0.15, -0.1) is 0 Å². The van der Waals surface area contributed by atoms with Crippen molar-refractivity contribution in [1.29, 1.82) is 0 Å². The fourth-order valence-corrected chi connectivity index (χ4v) is 2.21. The molecular formula is C13H14BrN3O. The number of nitrogens with zero attached hydrogens (tertiary/aromatic N) is 2. The number of halogens is 1. The Morgan fingerprint density at radius 3 is 2.72 bits per heavy atom. The summed E-state index contributed by atoms with van der Waals surface area (Å²) in [4.78, 5) is 12.0. The summed E-state index contributed by atoms with van der Waals surface area (Å²) in [5.41, 5.74) is 1.64. The number of hydrogen-bond acceptors (Lipinski definition) is 2. The molecule has 0 aliphatic heterocycles. The number of alkyl halides is 1. The number of carbonyl (C=O) groups is 1. The molecule has 4 nitrogen and oxygen atoms in total. The van der Waals surface area contributed by atoms with Gasteiger partial charge in [-0.2, -0.15) is 5.10 Å². The highest BCUT2D eigenvalue weighted by Gasteiger charge is 2.15. The van der Waals surface area contributed by atoms with Crippen molar-refractivity contribution in [2.24, 2.45) is 7.05 Å². The minimum Gasteiger partial charge on any atom is -0.344 e. The van der Waals surface area contributed by atoms with E-state index in [0.29, 0.717) is 10.9 Å². The molecule has 5 heteroatoms. The van der Waals surface area contributed by atoms with E-state index in [1.54, 1.807) is 24.1 Å². The van der Waals surface area contributed by atoms with E-state index < -0.39 is 0 Å². The molecule has 0 saturated carbocycles. The van der Waals surface area contributed by atoms with Crippen LogP contribution in [0.25, 0.3) is 0 Å². The normalized spacial score (nSPS) is 12.1. The van der Waals surface area contributed by atoms with E-state index in [1.807, 2.05) is 30.3 Å². The Morgan fingerprint density at radius 2 is 2.17 bits per heavy atom. The van der Waals surface area contributed by atoms with Gasteiger partial charge in [0.05, 0.1) is 17.8 Å². The lowest BCUT2D eigenvalue weighted by Gasteiger charge is -2.16. The summed E-state index contributed by atoms with van der Waals surface area (Å²) in [7, 11) is 1.79. The van der Waals surface area contributed by atoms with Gasteiger partial charge >= 0.3 is 0 Å². The summed E-state index contributed by atoms with van der Waals surface area (Å²) < 4.78 is 1.61. The number of nitrogens with one attached hydrogen (secondary N) is 1. The van der Waals surface area contributed by atoms with Crippen LogP contribution in [-0.2, 0) is 7.05 Å². The molecule has 0 aliphatic rings. The van der Waals surface area contributed by atoms with E-state index in [9.17, 15) is 4.79 Å². The smallest absolute Gasteiger partial charge is 0.254 e. The van der Waals surface area contributed by atoms with Crippen LogP contribution in [-0.4, -0.2) is 21.0 Å². The molecule has 1 aromatic heterocycles. The third kappa shape index (κ3) is 2.98. The standard InChI is InChI=1S/C13H14BrN3O/c1-17-9-11(8-15-17)13(18)16-12(7-14)10-5-3-2-4-6-10/h2-6,8-9,12H,7H2,1H3,(H,16,18). The van der Waals surface area contributed by atoms with Crippen LogP contribution in [0.5, 0.6) is 0 Å². The lowest BCUT2D eigenvalue weighted by molar-refractivity contribution is 0.0940. The van der Waals surface area contributed by atoms with Crippen molar-refractivity contribution >= 4 is 21.8 Å². The molecule has 1 heterocycles. The van der Waals surface area contributed by atoms with Crippen molar-refractivity contribution in [2.45, 2.75) is 6.04 Å². The molecule has 1 unspecified atom stereocenters. The zero-order chi connectivity index (χ0) is 13.0. The molecule has 0 spiro atoms. The van der Waals surface area contributed by atoms with Crippen molar-refractivity contribution in [3.05, 3.63) is 53.9 Å². The predicted octanol–water partition coefficient (Wildman–Crippen LogP) is 2.29. The Hall–Kier alpha value is -1.62. The van der Waals surface area contributed by atoms with Crippen molar-refractivity contribution in [2.75, 3.05) is 5.33 Å². The van der Waals surface area contributed by atoms with Crippen LogP contribution in [0.3, 0.4) is 0 Å². The highest BCUT2D eigenvalue weighted by molar-refractivity contribution is 9.09. The molecular weight excluding hydrogens is 294 g/mol. The number of carbonyl (C=O) groups excluding carboxylic acids is 1. The average molecular weight is 308 g/mol. The first-order valence-corrected chi connectivity index (χ1v) is 6.73. The van der Waals surface area contributed by atoms with Gasteiger partial charge in [0, 0.05) is 18.6 Å². The Balaban J connectivity index is 2.10. The highest BCUT2D eigenvalue weighted by Crippen LogP contribution is 2.15. The molecule has 0 radical (unpaired) electrons. The van der Waals surface area contributed by atoms with Crippen LogP contribution in [0.1, 0.15) is 22.0 Å². The van der Waals surface area contributed by atoms with Crippen LogP contribution in [0.4, 0.5) is 0 Å². The molecule has 0 saturated heterocycles. The zero-order valence-electron chi connectivity index (χ0n) is 10.0. The van der Waals surface area contributed by atoms with E-state index in [0.717, 1.165) is 5.56 Å². The molecule has 0 fully saturated rings. The van der Waals surface area contributed by atoms with Gasteiger partial charge in [0.25, 0.3) is 5.91 Å². The maximum absolute atomic E-state index is 12.0. The number of amides is 1. The molecule has 2 rings (SSSR count). The Morgan fingerprint density at radius 1 is 1.44 bits per heavy atom. The number of hydrogen-bond donors (Lipinski definition) is 1. The van der Waals surface area contributed by atoms with E-state index in [1.165, 1.54) is 0 Å². The Bertz CT molecular complexity index is 524. The second kappa shape index (κ2) is 5.82. The first-order chi connectivity index (χ1) is 8.70. The molecule has 1 N–H and O–H groups in total. The fraction of sp³-hybridized carbons (Fsp3) is 0.231. The van der Waals surface area contributed by atoms with E-state index >= 15 is 0 Å². The van der Waals surface area contributed by atoms with Gasteiger partial charge in [-0.3, -0.25) is 9.48 Å². The lowest BCUT2D eigenvalue weighted by atomic mass is 10.1. The van der Waals surface area contributed by atoms with Crippen LogP contribution in [0.15, 0.2) is 42.7 Å². The predicted molar refractivity (Wildman–Crippen MR) is 73.7 cm³/mol. The second-order valence-electron chi connectivity index (χ2n) is 3.99. The number of aromatic nitrogens is 2. The largest absolute Gasteiger partial charge is 0.344 e. The van der Waals surface area contributed by atoms with E-state index in [-0.39, 0.29) is 11.9 Å². The third-order valence-corrected chi connectivity index (χ3v) is 3.28. The minimum atomic E-state index is -0.114. The molecule has 18 heavy (non-hydrogen) atoms.